The Kier molecular flexibility index (Phi) is 6.70. The van der Waals surface area contributed by atoms with E-state index < -0.39 is 10.5 Å². The molecule has 2 N–H and O–H groups in total. The highest BCUT2D eigenvalue weighted by Gasteiger charge is 2.35. The van der Waals surface area contributed by atoms with Gasteiger partial charge in [-0.3, -0.25) is 24.3 Å². The monoisotopic (exact) mass is 392 g/mol. The number of amides is 1. The number of carbonyl (C=O) groups excluding carboxylic acids is 1. The van der Waals surface area contributed by atoms with E-state index in [-0.39, 0.29) is 42.4 Å². The number of hydrogen-bond acceptors (Lipinski definition) is 5. The maximum Gasteiger partial charge on any atom is 0.285 e. The fourth-order valence-electron chi connectivity index (χ4n) is 3.39. The summed E-state index contributed by atoms with van der Waals surface area (Å²) in [6.07, 6.45) is 1.10. The molecule has 0 radical (unpaired) electrons. The summed E-state index contributed by atoms with van der Waals surface area (Å²) in [5, 5.41) is 10.9. The van der Waals surface area contributed by atoms with Gasteiger partial charge in [0.15, 0.2) is 0 Å². The van der Waals surface area contributed by atoms with Gasteiger partial charge in [-0.1, -0.05) is 30.3 Å². The Hall–Kier alpha value is -2.71. The van der Waals surface area contributed by atoms with E-state index in [1.54, 1.807) is 4.90 Å². The average Bonchev–Trinajstić information content (AvgIpc) is 3.08. The zero-order chi connectivity index (χ0) is 18.7. The number of benzene rings is 1. The van der Waals surface area contributed by atoms with Gasteiger partial charge in [0, 0.05) is 31.1 Å². The topological polar surface area (TPSA) is 111 Å². The molecule has 1 saturated heterocycles. The lowest BCUT2D eigenvalue weighted by atomic mass is 9.89. The predicted molar refractivity (Wildman–Crippen MR) is 103 cm³/mol. The number of aromatic nitrogens is 1. The third-order valence-electron chi connectivity index (χ3n) is 4.81. The Balaban J connectivity index is 0.00000261. The molecule has 9 heteroatoms. The second-order valence-corrected chi connectivity index (χ2v) is 6.42. The third-order valence-corrected chi connectivity index (χ3v) is 4.81. The summed E-state index contributed by atoms with van der Waals surface area (Å²) in [6.45, 7) is 1.27. The van der Waals surface area contributed by atoms with Gasteiger partial charge in [-0.05, 0) is 18.0 Å². The largest absolute Gasteiger partial charge is 0.340 e. The van der Waals surface area contributed by atoms with Crippen molar-refractivity contribution in [3.63, 3.8) is 0 Å². The lowest BCUT2D eigenvalue weighted by Gasteiger charge is -2.17. The molecule has 8 nitrogen and oxygen atoms in total. The van der Waals surface area contributed by atoms with Crippen LogP contribution in [0.15, 0.2) is 53.5 Å². The molecule has 0 unspecified atom stereocenters. The van der Waals surface area contributed by atoms with Crippen molar-refractivity contribution in [2.75, 3.05) is 19.6 Å². The van der Waals surface area contributed by atoms with Crippen molar-refractivity contribution in [2.24, 2.45) is 11.7 Å². The molecule has 0 spiro atoms. The van der Waals surface area contributed by atoms with Crippen LogP contribution in [0.2, 0.25) is 0 Å². The number of nitrogens with zero attached hydrogens (tertiary/aromatic N) is 3. The van der Waals surface area contributed by atoms with E-state index >= 15 is 0 Å². The van der Waals surface area contributed by atoms with E-state index in [9.17, 15) is 19.7 Å². The maximum atomic E-state index is 12.6. The number of hydrogen-bond donors (Lipinski definition) is 1. The predicted octanol–water partition coefficient (Wildman–Crippen LogP) is 1.38. The standard InChI is InChI=1S/C18H20N4O4.ClH/c19-8-14-9-20(11-16(14)13-4-2-1-3-5-13)18(24)12-21-10-15(22(25)26)6-7-17(21)23;/h1-7,10,14,16H,8-9,11-12,19H2;1H/t14-,16+;/m1./s1. The van der Waals surface area contributed by atoms with Crippen LogP contribution >= 0.6 is 12.4 Å². The van der Waals surface area contributed by atoms with Crippen LogP contribution in [-0.4, -0.2) is 39.9 Å². The second-order valence-electron chi connectivity index (χ2n) is 6.42. The zero-order valence-corrected chi connectivity index (χ0v) is 15.4. The Morgan fingerprint density at radius 3 is 2.52 bits per heavy atom. The highest BCUT2D eigenvalue weighted by Crippen LogP contribution is 2.32. The van der Waals surface area contributed by atoms with Crippen LogP contribution in [0.4, 0.5) is 5.69 Å². The SMILES string of the molecule is Cl.NC[C@@H]1CN(C(=O)Cn2cc([N+](=O)[O-])ccc2=O)C[C@H]1c1ccccc1. The van der Waals surface area contributed by atoms with Gasteiger partial charge in [-0.15, -0.1) is 12.4 Å². The highest BCUT2D eigenvalue weighted by atomic mass is 35.5. The fourth-order valence-corrected chi connectivity index (χ4v) is 3.39. The van der Waals surface area contributed by atoms with Gasteiger partial charge in [0.2, 0.25) is 5.91 Å². The van der Waals surface area contributed by atoms with Crippen LogP contribution < -0.4 is 11.3 Å². The molecule has 0 aliphatic carbocycles. The van der Waals surface area contributed by atoms with Crippen LogP contribution in [0.1, 0.15) is 11.5 Å². The number of halogens is 1. The normalized spacial score (nSPS) is 18.8. The van der Waals surface area contributed by atoms with Gasteiger partial charge in [-0.25, -0.2) is 0 Å². The summed E-state index contributed by atoms with van der Waals surface area (Å²) in [5.74, 6) is 0.0413. The molecule has 1 amide bonds. The van der Waals surface area contributed by atoms with Crippen LogP contribution in [-0.2, 0) is 11.3 Å². The molecule has 0 saturated carbocycles. The smallest absolute Gasteiger partial charge is 0.285 e. The number of likely N-dealkylation sites (tertiary alicyclic amines) is 1. The van der Waals surface area contributed by atoms with Gasteiger partial charge in [0.05, 0.1) is 11.1 Å². The van der Waals surface area contributed by atoms with Crippen molar-refractivity contribution >= 4 is 24.0 Å². The molecule has 1 aromatic carbocycles. The summed E-state index contributed by atoms with van der Waals surface area (Å²) in [6, 6.07) is 12.1. The van der Waals surface area contributed by atoms with Gasteiger partial charge >= 0.3 is 0 Å². The van der Waals surface area contributed by atoms with Crippen molar-refractivity contribution in [3.05, 3.63) is 74.7 Å². The summed E-state index contributed by atoms with van der Waals surface area (Å²) >= 11 is 0. The molecule has 3 rings (SSSR count). The van der Waals surface area contributed by atoms with Crippen LogP contribution in [0.3, 0.4) is 0 Å². The van der Waals surface area contributed by atoms with Crippen LogP contribution in [0, 0.1) is 16.0 Å². The minimum Gasteiger partial charge on any atom is -0.340 e. The van der Waals surface area contributed by atoms with E-state index in [0.717, 1.165) is 28.5 Å². The summed E-state index contributed by atoms with van der Waals surface area (Å²) in [7, 11) is 0. The number of pyridine rings is 1. The number of nitrogens with two attached hydrogens (primary N) is 1. The minimum absolute atomic E-state index is 0. The first kappa shape index (κ1) is 20.6. The first-order valence-electron chi connectivity index (χ1n) is 8.37. The Morgan fingerprint density at radius 1 is 1.19 bits per heavy atom. The third kappa shape index (κ3) is 4.53. The Labute approximate surface area is 162 Å². The molecule has 2 atom stereocenters. The van der Waals surface area contributed by atoms with Crippen LogP contribution in [0.25, 0.3) is 0 Å². The van der Waals surface area contributed by atoms with Gasteiger partial charge in [-0.2, -0.15) is 0 Å². The molecule has 1 aromatic heterocycles. The van der Waals surface area contributed by atoms with Crippen molar-refractivity contribution in [3.8, 4) is 0 Å². The average molecular weight is 393 g/mol. The summed E-state index contributed by atoms with van der Waals surface area (Å²) in [4.78, 5) is 36.5. The quantitative estimate of drug-likeness (QED) is 0.610. The minimum atomic E-state index is -0.591. The summed E-state index contributed by atoms with van der Waals surface area (Å²) < 4.78 is 1.08. The zero-order valence-electron chi connectivity index (χ0n) is 14.6. The van der Waals surface area contributed by atoms with Crippen molar-refractivity contribution < 1.29 is 9.72 Å². The lowest BCUT2D eigenvalue weighted by molar-refractivity contribution is -0.385. The van der Waals surface area contributed by atoms with Gasteiger partial charge < -0.3 is 10.6 Å². The molecule has 144 valence electrons. The fraction of sp³-hybridized carbons (Fsp3) is 0.333. The van der Waals surface area contributed by atoms with Crippen molar-refractivity contribution in [1.29, 1.82) is 0 Å². The molecule has 1 aliphatic heterocycles. The molecular formula is C18H21ClN4O4. The van der Waals surface area contributed by atoms with Crippen molar-refractivity contribution in [1.82, 2.24) is 9.47 Å². The molecule has 1 fully saturated rings. The lowest BCUT2D eigenvalue weighted by Crippen LogP contribution is -2.35. The van der Waals surface area contributed by atoms with E-state index in [4.69, 9.17) is 5.73 Å². The molecular weight excluding hydrogens is 372 g/mol. The Bertz CT molecular complexity index is 871. The number of carbonyl (C=O) groups is 1. The number of nitro groups is 1. The van der Waals surface area contributed by atoms with E-state index in [0.29, 0.717) is 19.6 Å². The van der Waals surface area contributed by atoms with E-state index in [1.165, 1.54) is 0 Å². The van der Waals surface area contributed by atoms with Gasteiger partial charge in [0.25, 0.3) is 11.2 Å². The van der Waals surface area contributed by atoms with E-state index in [1.807, 2.05) is 30.3 Å². The molecule has 2 aromatic rings. The molecule has 0 bridgehead atoms. The first-order valence-corrected chi connectivity index (χ1v) is 8.37. The first-order chi connectivity index (χ1) is 12.5. The highest BCUT2D eigenvalue weighted by molar-refractivity contribution is 5.85. The van der Waals surface area contributed by atoms with Gasteiger partial charge in [0.1, 0.15) is 6.54 Å². The Morgan fingerprint density at radius 2 is 1.89 bits per heavy atom. The number of rotatable bonds is 5. The molecule has 1 aliphatic rings. The maximum absolute atomic E-state index is 12.6. The van der Waals surface area contributed by atoms with E-state index in [2.05, 4.69) is 0 Å². The second kappa shape index (κ2) is 8.79. The van der Waals surface area contributed by atoms with Crippen LogP contribution in [0.5, 0.6) is 0 Å². The molecule has 2 heterocycles. The summed E-state index contributed by atoms with van der Waals surface area (Å²) in [5.41, 5.74) is 6.35. The van der Waals surface area contributed by atoms with Crippen molar-refractivity contribution in [2.45, 2.75) is 12.5 Å². The molecule has 27 heavy (non-hydrogen) atoms.